The Morgan fingerprint density at radius 3 is 2.76 bits per heavy atom. The number of carbonyl (C=O) groups is 1. The van der Waals surface area contributed by atoms with Gasteiger partial charge in [-0.25, -0.2) is 14.4 Å². The average Bonchev–Trinajstić information content (AvgIpc) is 3.46. The molecule has 166 valence electrons. The van der Waals surface area contributed by atoms with Gasteiger partial charge in [0.25, 0.3) is 5.91 Å². The van der Waals surface area contributed by atoms with E-state index in [-0.39, 0.29) is 5.91 Å². The number of pyridine rings is 1. The number of rotatable bonds is 3. The van der Waals surface area contributed by atoms with Crippen LogP contribution in [0.15, 0.2) is 67.4 Å². The second-order valence-electron chi connectivity index (χ2n) is 7.89. The topological polar surface area (TPSA) is 88.5 Å². The Morgan fingerprint density at radius 2 is 1.94 bits per heavy atom. The summed E-state index contributed by atoms with van der Waals surface area (Å²) in [5, 5.41) is 10.4. The van der Waals surface area contributed by atoms with Gasteiger partial charge in [-0.1, -0.05) is 17.9 Å². The molecule has 2 aromatic carbocycles. The van der Waals surface area contributed by atoms with Gasteiger partial charge in [0, 0.05) is 40.2 Å². The van der Waals surface area contributed by atoms with E-state index in [4.69, 9.17) is 0 Å². The largest absolute Gasteiger partial charge is 0.322 e. The van der Waals surface area contributed by atoms with Gasteiger partial charge in [-0.2, -0.15) is 5.10 Å². The highest BCUT2D eigenvalue weighted by Crippen LogP contribution is 2.20. The number of fused-ring (bicyclic) bond motifs is 1. The smallest absolute Gasteiger partial charge is 0.255 e. The summed E-state index contributed by atoms with van der Waals surface area (Å²) in [5.74, 6) is 5.39. The molecule has 2 N–H and O–H groups in total. The van der Waals surface area contributed by atoms with Crippen molar-refractivity contribution < 1.29 is 9.18 Å². The first-order chi connectivity index (χ1) is 16.4. The van der Waals surface area contributed by atoms with Crippen LogP contribution in [0.1, 0.15) is 32.7 Å². The fraction of sp³-hybridized carbons (Fsp3) is 0.0769. The molecule has 5 rings (SSSR count). The van der Waals surface area contributed by atoms with Gasteiger partial charge in [0.1, 0.15) is 5.82 Å². The van der Waals surface area contributed by atoms with Crippen LogP contribution in [-0.2, 0) is 0 Å². The molecule has 0 aliphatic heterocycles. The van der Waals surface area contributed by atoms with Crippen LogP contribution >= 0.6 is 0 Å². The van der Waals surface area contributed by atoms with Gasteiger partial charge in [-0.15, -0.1) is 0 Å². The van der Waals surface area contributed by atoms with Crippen molar-refractivity contribution in [2.75, 3.05) is 5.32 Å². The lowest BCUT2D eigenvalue weighted by molar-refractivity contribution is 0.102. The maximum absolute atomic E-state index is 14.2. The van der Waals surface area contributed by atoms with Gasteiger partial charge in [0.15, 0.2) is 5.65 Å². The first kappa shape index (κ1) is 21.1. The number of hydrogen-bond acceptors (Lipinski definition) is 4. The van der Waals surface area contributed by atoms with E-state index in [9.17, 15) is 9.18 Å². The quantitative estimate of drug-likeness (QED) is 0.395. The van der Waals surface area contributed by atoms with Crippen LogP contribution < -0.4 is 5.32 Å². The first-order valence-electron chi connectivity index (χ1n) is 10.5. The second-order valence-corrected chi connectivity index (χ2v) is 7.89. The number of imidazole rings is 1. The zero-order valence-corrected chi connectivity index (χ0v) is 18.4. The number of H-pyrrole nitrogens is 1. The lowest BCUT2D eigenvalue weighted by atomic mass is 10.0. The van der Waals surface area contributed by atoms with Crippen LogP contribution in [0.4, 0.5) is 10.1 Å². The van der Waals surface area contributed by atoms with Crippen molar-refractivity contribution in [3.05, 3.63) is 101 Å². The number of aryl methyl sites for hydroxylation is 2. The molecule has 0 spiro atoms. The molecule has 0 fully saturated rings. The summed E-state index contributed by atoms with van der Waals surface area (Å²) in [4.78, 5) is 21.4. The third-order valence-corrected chi connectivity index (χ3v) is 5.28. The fourth-order valence-corrected chi connectivity index (χ4v) is 3.50. The number of hydrogen-bond donors (Lipinski definition) is 2. The minimum Gasteiger partial charge on any atom is -0.322 e. The first-order valence-corrected chi connectivity index (χ1v) is 10.5. The van der Waals surface area contributed by atoms with E-state index >= 15 is 0 Å². The zero-order valence-electron chi connectivity index (χ0n) is 18.4. The van der Waals surface area contributed by atoms with E-state index in [2.05, 4.69) is 37.3 Å². The highest BCUT2D eigenvalue weighted by atomic mass is 19.1. The third kappa shape index (κ3) is 4.40. The molecule has 34 heavy (non-hydrogen) atoms. The third-order valence-electron chi connectivity index (χ3n) is 5.28. The standard InChI is InChI=1S/C26H19FN6O/c1-16-3-5-20(8-19(16)6-4-18-7-21-13-30-32-25(21)28-12-18)26(34)31-23-9-22(27)10-24(11-23)33-14-17(2)29-15-33/h3,5,7-15H,1-2H3,(H,31,34)(H,28,30,32). The number of carbonyl (C=O) groups excluding carboxylic acids is 1. The van der Waals surface area contributed by atoms with Crippen molar-refractivity contribution in [1.29, 1.82) is 0 Å². The van der Waals surface area contributed by atoms with E-state index < -0.39 is 5.82 Å². The fourth-order valence-electron chi connectivity index (χ4n) is 3.50. The normalized spacial score (nSPS) is 10.7. The minimum atomic E-state index is -0.460. The Morgan fingerprint density at radius 1 is 1.06 bits per heavy atom. The zero-order chi connectivity index (χ0) is 23.7. The molecule has 0 aliphatic carbocycles. The molecule has 0 aliphatic rings. The molecule has 8 heteroatoms. The summed E-state index contributed by atoms with van der Waals surface area (Å²) in [5.41, 5.74) is 5.23. The maximum atomic E-state index is 14.2. The monoisotopic (exact) mass is 450 g/mol. The van der Waals surface area contributed by atoms with Gasteiger partial charge < -0.3 is 9.88 Å². The average molecular weight is 450 g/mol. The van der Waals surface area contributed by atoms with Gasteiger partial charge in [-0.3, -0.25) is 9.89 Å². The van der Waals surface area contributed by atoms with Gasteiger partial charge in [0.05, 0.1) is 23.9 Å². The summed E-state index contributed by atoms with van der Waals surface area (Å²) in [7, 11) is 0. The van der Waals surface area contributed by atoms with Gasteiger partial charge in [-0.05, 0) is 55.8 Å². The number of benzene rings is 2. The molecule has 3 heterocycles. The predicted molar refractivity (Wildman–Crippen MR) is 127 cm³/mol. The molecule has 5 aromatic rings. The lowest BCUT2D eigenvalue weighted by Crippen LogP contribution is -2.13. The maximum Gasteiger partial charge on any atom is 0.255 e. The molecule has 3 aromatic heterocycles. The van der Waals surface area contributed by atoms with Crippen molar-refractivity contribution in [3.8, 4) is 17.5 Å². The molecule has 0 atom stereocenters. The summed E-state index contributed by atoms with van der Waals surface area (Å²) in [6.45, 7) is 3.78. The second kappa shape index (κ2) is 8.64. The summed E-state index contributed by atoms with van der Waals surface area (Å²) in [6.07, 6.45) is 6.74. The molecule has 1 amide bonds. The van der Waals surface area contributed by atoms with E-state index in [0.29, 0.717) is 28.1 Å². The number of aromatic nitrogens is 5. The Bertz CT molecular complexity index is 1600. The molecule has 0 saturated carbocycles. The van der Waals surface area contributed by atoms with E-state index in [1.807, 2.05) is 26.0 Å². The SMILES string of the molecule is Cc1cn(-c2cc(F)cc(NC(=O)c3ccc(C)c(C#Cc4cnc5[nH]ncc5c4)c3)c2)cn1. The number of halogens is 1. The molecule has 0 radical (unpaired) electrons. The van der Waals surface area contributed by atoms with Crippen molar-refractivity contribution >= 4 is 22.6 Å². The Kier molecular flexibility index (Phi) is 5.36. The van der Waals surface area contributed by atoms with E-state index in [1.165, 1.54) is 12.1 Å². The molecular weight excluding hydrogens is 431 g/mol. The Hall–Kier alpha value is -4.77. The number of nitrogens with zero attached hydrogens (tertiary/aromatic N) is 4. The minimum absolute atomic E-state index is 0.346. The van der Waals surface area contributed by atoms with Crippen LogP contribution in [0.2, 0.25) is 0 Å². The summed E-state index contributed by atoms with van der Waals surface area (Å²) < 4.78 is 15.9. The Balaban J connectivity index is 1.39. The predicted octanol–water partition coefficient (Wildman–Crippen LogP) is 4.55. The van der Waals surface area contributed by atoms with Crippen LogP contribution in [0.5, 0.6) is 0 Å². The van der Waals surface area contributed by atoms with Gasteiger partial charge in [0.2, 0.25) is 0 Å². The molecule has 0 saturated heterocycles. The summed E-state index contributed by atoms with van der Waals surface area (Å²) in [6, 6.07) is 11.5. The molecule has 7 nitrogen and oxygen atoms in total. The van der Waals surface area contributed by atoms with Crippen molar-refractivity contribution in [1.82, 2.24) is 24.7 Å². The number of aromatic amines is 1. The van der Waals surface area contributed by atoms with Crippen molar-refractivity contribution in [2.45, 2.75) is 13.8 Å². The van der Waals surface area contributed by atoms with E-state index in [0.717, 1.165) is 22.2 Å². The van der Waals surface area contributed by atoms with Gasteiger partial charge >= 0.3 is 0 Å². The number of amides is 1. The van der Waals surface area contributed by atoms with Crippen LogP contribution in [-0.4, -0.2) is 30.6 Å². The van der Waals surface area contributed by atoms with E-state index in [1.54, 1.807) is 47.7 Å². The van der Waals surface area contributed by atoms with Crippen molar-refractivity contribution in [3.63, 3.8) is 0 Å². The highest BCUT2D eigenvalue weighted by Gasteiger charge is 2.11. The number of nitrogens with one attached hydrogen (secondary N) is 2. The Labute approximate surface area is 194 Å². The molecule has 0 bridgehead atoms. The van der Waals surface area contributed by atoms with Crippen LogP contribution in [0.25, 0.3) is 16.7 Å². The van der Waals surface area contributed by atoms with Crippen LogP contribution in [0.3, 0.4) is 0 Å². The highest BCUT2D eigenvalue weighted by molar-refractivity contribution is 6.04. The number of anilines is 1. The molecular formula is C26H19FN6O. The lowest BCUT2D eigenvalue weighted by Gasteiger charge is -2.10. The van der Waals surface area contributed by atoms with Crippen molar-refractivity contribution in [2.24, 2.45) is 0 Å². The molecule has 0 unspecified atom stereocenters. The summed E-state index contributed by atoms with van der Waals surface area (Å²) >= 11 is 0. The van der Waals surface area contributed by atoms with Crippen LogP contribution in [0, 0.1) is 31.5 Å².